The van der Waals surface area contributed by atoms with Crippen LogP contribution >= 0.6 is 11.3 Å². The maximum absolute atomic E-state index is 12.6. The number of piperidine rings is 1. The molecule has 20 heavy (non-hydrogen) atoms. The van der Waals surface area contributed by atoms with Gasteiger partial charge in [0.25, 0.3) is 5.91 Å². The molecule has 6 heteroatoms. The number of nitrogens with two attached hydrogens (primary N) is 1. The molecular formula is C14H24N4OS. The molecule has 0 radical (unpaired) electrons. The van der Waals surface area contributed by atoms with Crippen molar-refractivity contribution in [1.29, 1.82) is 0 Å². The zero-order valence-corrected chi connectivity index (χ0v) is 13.5. The Balaban J connectivity index is 2.15. The Hall–Kier alpha value is -1.30. The van der Waals surface area contributed by atoms with E-state index >= 15 is 0 Å². The van der Waals surface area contributed by atoms with Crippen molar-refractivity contribution in [1.82, 2.24) is 9.88 Å². The second-order valence-corrected chi connectivity index (χ2v) is 6.70. The van der Waals surface area contributed by atoms with Gasteiger partial charge in [-0.1, -0.05) is 25.2 Å². The fourth-order valence-corrected chi connectivity index (χ4v) is 3.34. The van der Waals surface area contributed by atoms with Crippen molar-refractivity contribution in [2.45, 2.75) is 27.2 Å². The van der Waals surface area contributed by atoms with Crippen molar-refractivity contribution in [3.63, 3.8) is 0 Å². The minimum absolute atomic E-state index is 0.0366. The molecule has 0 bridgehead atoms. The third-order valence-corrected chi connectivity index (χ3v) is 5.43. The molecule has 0 spiro atoms. The SMILES string of the molecule is CCN(C)c1nc(N)c(C(=O)N2CCC(C)C(C)C2)s1. The number of likely N-dealkylation sites (tertiary alicyclic amines) is 1. The lowest BCUT2D eigenvalue weighted by molar-refractivity contribution is 0.0633. The molecule has 1 aliphatic rings. The number of carbonyl (C=O) groups is 1. The van der Waals surface area contributed by atoms with Crippen LogP contribution in [-0.2, 0) is 0 Å². The fourth-order valence-electron chi connectivity index (χ4n) is 2.36. The predicted octanol–water partition coefficient (Wildman–Crippen LogP) is 2.30. The first-order valence-electron chi connectivity index (χ1n) is 7.20. The Morgan fingerprint density at radius 3 is 2.80 bits per heavy atom. The lowest BCUT2D eigenvalue weighted by Gasteiger charge is -2.35. The molecule has 1 aromatic heterocycles. The molecule has 1 amide bonds. The summed E-state index contributed by atoms with van der Waals surface area (Å²) in [7, 11) is 1.96. The van der Waals surface area contributed by atoms with Gasteiger partial charge in [-0.05, 0) is 25.2 Å². The first-order valence-corrected chi connectivity index (χ1v) is 8.02. The molecule has 2 atom stereocenters. The summed E-state index contributed by atoms with van der Waals surface area (Å²) >= 11 is 1.39. The Morgan fingerprint density at radius 2 is 2.20 bits per heavy atom. The summed E-state index contributed by atoms with van der Waals surface area (Å²) in [4.78, 5) is 21.4. The van der Waals surface area contributed by atoms with Gasteiger partial charge < -0.3 is 15.5 Å². The molecule has 2 N–H and O–H groups in total. The maximum Gasteiger partial charge on any atom is 0.267 e. The lowest BCUT2D eigenvalue weighted by Crippen LogP contribution is -2.42. The summed E-state index contributed by atoms with van der Waals surface area (Å²) in [6.07, 6.45) is 1.06. The van der Waals surface area contributed by atoms with E-state index < -0.39 is 0 Å². The Kier molecular flexibility index (Phi) is 4.52. The molecule has 2 rings (SSSR count). The van der Waals surface area contributed by atoms with E-state index in [1.54, 1.807) is 0 Å². The predicted molar refractivity (Wildman–Crippen MR) is 84.3 cm³/mol. The van der Waals surface area contributed by atoms with E-state index in [4.69, 9.17) is 5.73 Å². The smallest absolute Gasteiger partial charge is 0.267 e. The van der Waals surface area contributed by atoms with Crippen LogP contribution in [0.25, 0.3) is 0 Å². The molecular weight excluding hydrogens is 272 g/mol. The minimum atomic E-state index is 0.0366. The van der Waals surface area contributed by atoms with Crippen LogP contribution < -0.4 is 10.6 Å². The van der Waals surface area contributed by atoms with E-state index in [0.29, 0.717) is 22.5 Å². The van der Waals surface area contributed by atoms with Crippen molar-refractivity contribution >= 4 is 28.2 Å². The van der Waals surface area contributed by atoms with E-state index in [-0.39, 0.29) is 5.91 Å². The Bertz CT molecular complexity index is 488. The van der Waals surface area contributed by atoms with Crippen molar-refractivity contribution in [3.8, 4) is 0 Å². The van der Waals surface area contributed by atoms with Gasteiger partial charge in [0.05, 0.1) is 0 Å². The molecule has 2 heterocycles. The Labute approximate surface area is 124 Å². The highest BCUT2D eigenvalue weighted by Crippen LogP contribution is 2.30. The van der Waals surface area contributed by atoms with Crippen molar-refractivity contribution in [3.05, 3.63) is 4.88 Å². The third-order valence-electron chi connectivity index (χ3n) is 4.26. The van der Waals surface area contributed by atoms with Crippen LogP contribution in [0.15, 0.2) is 0 Å². The van der Waals surface area contributed by atoms with Crippen LogP contribution in [0.4, 0.5) is 10.9 Å². The van der Waals surface area contributed by atoms with E-state index in [2.05, 4.69) is 18.8 Å². The number of amides is 1. The van der Waals surface area contributed by atoms with Crippen LogP contribution in [0.5, 0.6) is 0 Å². The average Bonchev–Trinajstić information content (AvgIpc) is 2.82. The quantitative estimate of drug-likeness (QED) is 0.929. The number of nitrogens with zero attached hydrogens (tertiary/aromatic N) is 3. The van der Waals surface area contributed by atoms with Gasteiger partial charge in [0.15, 0.2) is 5.13 Å². The first-order chi connectivity index (χ1) is 9.43. The molecule has 1 aromatic rings. The monoisotopic (exact) mass is 296 g/mol. The lowest BCUT2D eigenvalue weighted by atomic mass is 9.88. The topological polar surface area (TPSA) is 62.5 Å². The van der Waals surface area contributed by atoms with Crippen LogP contribution in [0.3, 0.4) is 0 Å². The van der Waals surface area contributed by atoms with Gasteiger partial charge in [-0.3, -0.25) is 4.79 Å². The molecule has 0 aliphatic carbocycles. The van der Waals surface area contributed by atoms with E-state index in [0.717, 1.165) is 31.2 Å². The fraction of sp³-hybridized carbons (Fsp3) is 0.714. The minimum Gasteiger partial charge on any atom is -0.382 e. The van der Waals surface area contributed by atoms with Gasteiger partial charge in [0.2, 0.25) is 0 Å². The highest BCUT2D eigenvalue weighted by atomic mass is 32.1. The molecule has 0 saturated carbocycles. The van der Waals surface area contributed by atoms with Crippen LogP contribution in [0.1, 0.15) is 36.9 Å². The molecule has 112 valence electrons. The van der Waals surface area contributed by atoms with Crippen molar-refractivity contribution in [2.75, 3.05) is 37.3 Å². The second kappa shape index (κ2) is 5.99. The second-order valence-electron chi connectivity index (χ2n) is 5.72. The van der Waals surface area contributed by atoms with Crippen molar-refractivity contribution in [2.24, 2.45) is 11.8 Å². The van der Waals surface area contributed by atoms with E-state index in [1.807, 2.05) is 23.8 Å². The number of hydrogen-bond donors (Lipinski definition) is 1. The third kappa shape index (κ3) is 2.90. The average molecular weight is 296 g/mol. The summed E-state index contributed by atoms with van der Waals surface area (Å²) in [5.74, 6) is 1.62. The normalized spacial score (nSPS) is 22.9. The van der Waals surface area contributed by atoms with E-state index in [9.17, 15) is 4.79 Å². The standard InChI is InChI=1S/C14H24N4OS/c1-5-17(4)14-16-12(15)11(20-14)13(19)18-7-6-9(2)10(3)8-18/h9-10H,5-8,15H2,1-4H3. The Morgan fingerprint density at radius 1 is 1.50 bits per heavy atom. The molecule has 2 unspecified atom stereocenters. The molecule has 5 nitrogen and oxygen atoms in total. The summed E-state index contributed by atoms with van der Waals surface area (Å²) in [5.41, 5.74) is 5.93. The van der Waals surface area contributed by atoms with Crippen LogP contribution in [-0.4, -0.2) is 42.5 Å². The number of hydrogen-bond acceptors (Lipinski definition) is 5. The van der Waals surface area contributed by atoms with E-state index in [1.165, 1.54) is 11.3 Å². The molecule has 1 aliphatic heterocycles. The number of thiazole rings is 1. The number of carbonyl (C=O) groups excluding carboxylic acids is 1. The van der Waals surface area contributed by atoms with Gasteiger partial charge in [-0.25, -0.2) is 4.98 Å². The summed E-state index contributed by atoms with van der Waals surface area (Å²) in [5, 5.41) is 0.812. The van der Waals surface area contributed by atoms with Crippen LogP contribution in [0.2, 0.25) is 0 Å². The molecule has 1 fully saturated rings. The van der Waals surface area contributed by atoms with Gasteiger partial charge in [0, 0.05) is 26.7 Å². The number of rotatable bonds is 3. The van der Waals surface area contributed by atoms with Crippen molar-refractivity contribution < 1.29 is 4.79 Å². The number of anilines is 2. The zero-order valence-electron chi connectivity index (χ0n) is 12.7. The summed E-state index contributed by atoms with van der Waals surface area (Å²) in [6, 6.07) is 0. The zero-order chi connectivity index (χ0) is 14.9. The van der Waals surface area contributed by atoms with Gasteiger partial charge in [-0.15, -0.1) is 0 Å². The van der Waals surface area contributed by atoms with Gasteiger partial charge in [-0.2, -0.15) is 0 Å². The first kappa shape index (κ1) is 15.1. The van der Waals surface area contributed by atoms with Gasteiger partial charge >= 0.3 is 0 Å². The summed E-state index contributed by atoms with van der Waals surface area (Å²) in [6.45, 7) is 8.99. The molecule has 0 aromatic carbocycles. The highest BCUT2D eigenvalue weighted by molar-refractivity contribution is 7.18. The maximum atomic E-state index is 12.6. The van der Waals surface area contributed by atoms with Gasteiger partial charge in [0.1, 0.15) is 10.7 Å². The number of aromatic nitrogens is 1. The number of nitrogen functional groups attached to an aromatic ring is 1. The molecule has 1 saturated heterocycles. The van der Waals surface area contributed by atoms with Crippen LogP contribution in [0, 0.1) is 11.8 Å². The highest BCUT2D eigenvalue weighted by Gasteiger charge is 2.29. The largest absolute Gasteiger partial charge is 0.382 e. The summed E-state index contributed by atoms with van der Waals surface area (Å²) < 4.78 is 0.